The van der Waals surface area contributed by atoms with Crippen LogP contribution in [0.5, 0.6) is 0 Å². The van der Waals surface area contributed by atoms with Gasteiger partial charge in [0.2, 0.25) is 5.91 Å². The Morgan fingerprint density at radius 1 is 1.15 bits per heavy atom. The Balaban J connectivity index is 0.00000182. The van der Waals surface area contributed by atoms with Gasteiger partial charge in [0.1, 0.15) is 0 Å². The Morgan fingerprint density at radius 2 is 1.81 bits per heavy atom. The van der Waals surface area contributed by atoms with Crippen molar-refractivity contribution in [1.29, 1.82) is 0 Å². The van der Waals surface area contributed by atoms with E-state index >= 15 is 0 Å². The van der Waals surface area contributed by atoms with Gasteiger partial charge in [-0.15, -0.1) is 24.8 Å². The summed E-state index contributed by atoms with van der Waals surface area (Å²) < 4.78 is 0. The number of carbonyl (C=O) groups is 1. The first kappa shape index (κ1) is 24.2. The van der Waals surface area contributed by atoms with E-state index < -0.39 is 0 Å². The number of hydrogen-bond acceptors (Lipinski definition) is 3. The molecule has 0 spiro atoms. The van der Waals surface area contributed by atoms with Crippen molar-refractivity contribution in [3.63, 3.8) is 0 Å². The van der Waals surface area contributed by atoms with E-state index in [-0.39, 0.29) is 36.1 Å². The molecule has 6 heteroatoms. The summed E-state index contributed by atoms with van der Waals surface area (Å²) in [5, 5.41) is 6.68. The summed E-state index contributed by atoms with van der Waals surface area (Å²) in [6, 6.07) is 8.70. The van der Waals surface area contributed by atoms with Gasteiger partial charge >= 0.3 is 0 Å². The van der Waals surface area contributed by atoms with Crippen LogP contribution in [0.1, 0.15) is 50.7 Å². The van der Waals surface area contributed by atoms with Crippen molar-refractivity contribution in [1.82, 2.24) is 15.5 Å². The Morgan fingerprint density at radius 3 is 2.48 bits per heavy atom. The van der Waals surface area contributed by atoms with Gasteiger partial charge in [-0.1, -0.05) is 51.0 Å². The molecule has 2 aliphatic rings. The number of nitrogens with zero attached hydrogens (tertiary/aromatic N) is 1. The molecule has 1 amide bonds. The second kappa shape index (κ2) is 11.3. The van der Waals surface area contributed by atoms with Gasteiger partial charge < -0.3 is 10.6 Å². The average Bonchev–Trinajstić information content (AvgIpc) is 3.10. The molecule has 3 rings (SSSR count). The topological polar surface area (TPSA) is 44.4 Å². The van der Waals surface area contributed by atoms with Gasteiger partial charge in [0.25, 0.3) is 0 Å². The summed E-state index contributed by atoms with van der Waals surface area (Å²) in [6.45, 7) is 10.0. The van der Waals surface area contributed by atoms with E-state index in [9.17, 15) is 4.79 Å². The fourth-order valence-corrected chi connectivity index (χ4v) is 4.52. The lowest BCUT2D eigenvalue weighted by molar-refractivity contribution is -0.134. The molecule has 0 aromatic heterocycles. The molecule has 4 nitrogen and oxygen atoms in total. The van der Waals surface area contributed by atoms with Crippen LogP contribution in [0, 0.1) is 11.3 Å². The molecule has 154 valence electrons. The van der Waals surface area contributed by atoms with Crippen molar-refractivity contribution >= 4 is 30.7 Å². The molecule has 1 saturated heterocycles. The molecule has 0 bridgehead atoms. The predicted octanol–water partition coefficient (Wildman–Crippen LogP) is 3.77. The van der Waals surface area contributed by atoms with Gasteiger partial charge in [-0.05, 0) is 49.5 Å². The second-order valence-electron chi connectivity index (χ2n) is 7.69. The van der Waals surface area contributed by atoms with Crippen LogP contribution < -0.4 is 10.6 Å². The molecule has 1 aliphatic carbocycles. The highest BCUT2D eigenvalue weighted by molar-refractivity contribution is 5.85. The van der Waals surface area contributed by atoms with Gasteiger partial charge in [-0.2, -0.15) is 0 Å². The number of halogens is 2. The normalized spacial score (nSPS) is 23.9. The van der Waals surface area contributed by atoms with Gasteiger partial charge in [0, 0.05) is 19.6 Å². The zero-order valence-corrected chi connectivity index (χ0v) is 18.3. The summed E-state index contributed by atoms with van der Waals surface area (Å²) >= 11 is 0. The lowest BCUT2D eigenvalue weighted by Gasteiger charge is -2.37. The van der Waals surface area contributed by atoms with Gasteiger partial charge in [-0.3, -0.25) is 9.69 Å². The highest BCUT2D eigenvalue weighted by atomic mass is 35.5. The SMILES string of the molecule is CCN(CC)Cc1ccc(CNC(=O)[C@@]23CCCC[C@H]2CNC3)cc1.Cl.Cl. The highest BCUT2D eigenvalue weighted by Crippen LogP contribution is 2.43. The number of benzene rings is 1. The van der Waals surface area contributed by atoms with Crippen molar-refractivity contribution in [3.05, 3.63) is 35.4 Å². The van der Waals surface area contributed by atoms with Crippen LogP contribution in [0.4, 0.5) is 0 Å². The van der Waals surface area contributed by atoms with Crippen molar-refractivity contribution in [2.75, 3.05) is 26.2 Å². The first-order chi connectivity index (χ1) is 12.2. The molecule has 1 aliphatic heterocycles. The van der Waals surface area contributed by atoms with Crippen LogP contribution in [0.25, 0.3) is 0 Å². The second-order valence-corrected chi connectivity index (χ2v) is 7.69. The van der Waals surface area contributed by atoms with E-state index in [1.165, 1.54) is 30.4 Å². The third-order valence-corrected chi connectivity index (χ3v) is 6.27. The number of nitrogens with one attached hydrogen (secondary N) is 2. The average molecular weight is 416 g/mol. The fourth-order valence-electron chi connectivity index (χ4n) is 4.52. The number of fused-ring (bicyclic) bond motifs is 1. The Hall–Kier alpha value is -0.810. The van der Waals surface area contributed by atoms with E-state index in [0.717, 1.165) is 39.1 Å². The molecular formula is C21H35Cl2N3O. The third-order valence-electron chi connectivity index (χ3n) is 6.27. The summed E-state index contributed by atoms with van der Waals surface area (Å²) in [5.74, 6) is 0.784. The molecule has 1 aromatic rings. The number of hydrogen-bond donors (Lipinski definition) is 2. The number of rotatable bonds is 7. The van der Waals surface area contributed by atoms with Crippen LogP contribution >= 0.6 is 24.8 Å². The minimum Gasteiger partial charge on any atom is -0.351 e. The number of carbonyl (C=O) groups excluding carboxylic acids is 1. The minimum atomic E-state index is -0.152. The molecule has 2 fully saturated rings. The smallest absolute Gasteiger partial charge is 0.228 e. The van der Waals surface area contributed by atoms with Crippen LogP contribution in [0.2, 0.25) is 0 Å². The van der Waals surface area contributed by atoms with Crippen LogP contribution in [-0.4, -0.2) is 37.0 Å². The maximum Gasteiger partial charge on any atom is 0.228 e. The Bertz CT molecular complexity index is 577. The van der Waals surface area contributed by atoms with Crippen LogP contribution in [-0.2, 0) is 17.9 Å². The Kier molecular flexibility index (Phi) is 10.1. The van der Waals surface area contributed by atoms with E-state index in [1.54, 1.807) is 0 Å². The first-order valence-electron chi connectivity index (χ1n) is 9.97. The van der Waals surface area contributed by atoms with Crippen LogP contribution in [0.15, 0.2) is 24.3 Å². The third kappa shape index (κ3) is 5.60. The van der Waals surface area contributed by atoms with Gasteiger partial charge in [0.05, 0.1) is 5.41 Å². The van der Waals surface area contributed by atoms with Crippen molar-refractivity contribution in [2.45, 2.75) is 52.6 Å². The summed E-state index contributed by atoms with van der Waals surface area (Å²) in [5.41, 5.74) is 2.37. The van der Waals surface area contributed by atoms with E-state index in [1.807, 2.05) is 0 Å². The molecule has 2 atom stereocenters. The summed E-state index contributed by atoms with van der Waals surface area (Å²) in [6.07, 6.45) is 4.70. The maximum absolute atomic E-state index is 12.9. The molecule has 1 aromatic carbocycles. The fraction of sp³-hybridized carbons (Fsp3) is 0.667. The maximum atomic E-state index is 12.9. The Labute approximate surface area is 176 Å². The molecule has 0 unspecified atom stereocenters. The molecule has 1 heterocycles. The van der Waals surface area contributed by atoms with Crippen molar-refractivity contribution in [3.8, 4) is 0 Å². The minimum absolute atomic E-state index is 0. The quantitative estimate of drug-likeness (QED) is 0.711. The standard InChI is InChI=1S/C21H33N3O.2ClH/c1-3-24(4-2)15-18-10-8-17(9-11-18)13-23-20(25)21-12-6-5-7-19(21)14-22-16-21;;/h8-11,19,22H,3-7,12-16H2,1-2H3,(H,23,25);2*1H/t19-,21+;;/m0../s1. The largest absolute Gasteiger partial charge is 0.351 e. The highest BCUT2D eigenvalue weighted by Gasteiger charge is 2.49. The first-order valence-corrected chi connectivity index (χ1v) is 9.97. The van der Waals surface area contributed by atoms with E-state index in [0.29, 0.717) is 12.5 Å². The van der Waals surface area contributed by atoms with Gasteiger partial charge in [-0.25, -0.2) is 0 Å². The molecule has 0 radical (unpaired) electrons. The summed E-state index contributed by atoms with van der Waals surface area (Å²) in [4.78, 5) is 15.3. The van der Waals surface area contributed by atoms with E-state index in [4.69, 9.17) is 0 Å². The predicted molar refractivity (Wildman–Crippen MR) is 117 cm³/mol. The van der Waals surface area contributed by atoms with Crippen molar-refractivity contribution < 1.29 is 4.79 Å². The zero-order valence-electron chi connectivity index (χ0n) is 16.6. The molecular weight excluding hydrogens is 381 g/mol. The lowest BCUT2D eigenvalue weighted by Crippen LogP contribution is -2.47. The van der Waals surface area contributed by atoms with Crippen LogP contribution in [0.3, 0.4) is 0 Å². The van der Waals surface area contributed by atoms with E-state index in [2.05, 4.69) is 53.6 Å². The zero-order chi connectivity index (χ0) is 17.7. The molecule has 2 N–H and O–H groups in total. The van der Waals surface area contributed by atoms with Gasteiger partial charge in [0.15, 0.2) is 0 Å². The molecule has 1 saturated carbocycles. The van der Waals surface area contributed by atoms with Crippen molar-refractivity contribution in [2.24, 2.45) is 11.3 Å². The number of amides is 1. The molecule has 27 heavy (non-hydrogen) atoms. The summed E-state index contributed by atoms with van der Waals surface area (Å²) in [7, 11) is 0. The monoisotopic (exact) mass is 415 g/mol. The lowest BCUT2D eigenvalue weighted by atomic mass is 9.67.